The fourth-order valence-electron chi connectivity index (χ4n) is 1.24. The predicted molar refractivity (Wildman–Crippen MR) is 68.2 cm³/mol. The summed E-state index contributed by atoms with van der Waals surface area (Å²) in [6.45, 7) is 0. The van der Waals surface area contributed by atoms with Gasteiger partial charge >= 0.3 is 5.97 Å². The molecule has 0 amide bonds. The normalized spacial score (nSPS) is 10.1. The van der Waals surface area contributed by atoms with Gasteiger partial charge in [0.15, 0.2) is 0 Å². The molecule has 0 bridgehead atoms. The summed E-state index contributed by atoms with van der Waals surface area (Å²) < 4.78 is 6.08. The third-order valence-electron chi connectivity index (χ3n) is 2.01. The van der Waals surface area contributed by atoms with E-state index in [-0.39, 0.29) is 22.2 Å². The second-order valence-corrected chi connectivity index (χ2v) is 4.55. The summed E-state index contributed by atoms with van der Waals surface area (Å²) in [4.78, 5) is 18.6. The maximum absolute atomic E-state index is 11.0. The highest BCUT2D eigenvalue weighted by Crippen LogP contribution is 2.30. The highest BCUT2D eigenvalue weighted by atomic mass is 79.9. The number of rotatable bonds is 3. The molecule has 1 aromatic heterocycles. The van der Waals surface area contributed by atoms with Gasteiger partial charge < -0.3 is 9.84 Å². The first-order valence-corrected chi connectivity index (χ1v) is 5.91. The van der Waals surface area contributed by atoms with Crippen molar-refractivity contribution in [3.8, 4) is 11.6 Å². The van der Waals surface area contributed by atoms with Crippen molar-refractivity contribution in [2.24, 2.45) is 0 Å². The monoisotopic (exact) mass is 328 g/mol. The molecular weight excluding hydrogens is 323 g/mol. The zero-order valence-corrected chi connectivity index (χ0v) is 11.1. The first-order valence-electron chi connectivity index (χ1n) is 4.74. The molecule has 0 radical (unpaired) electrons. The van der Waals surface area contributed by atoms with Gasteiger partial charge in [-0.1, -0.05) is 27.5 Å². The van der Waals surface area contributed by atoms with Gasteiger partial charge in [-0.25, -0.2) is 14.8 Å². The predicted octanol–water partition coefficient (Wildman–Crippen LogP) is 3.38. The van der Waals surface area contributed by atoms with Crippen molar-refractivity contribution in [3.05, 3.63) is 45.8 Å². The Morgan fingerprint density at radius 2 is 2.22 bits per heavy atom. The Hall–Kier alpha value is -1.66. The molecule has 0 saturated heterocycles. The molecule has 2 rings (SSSR count). The second kappa shape index (κ2) is 5.32. The quantitative estimate of drug-likeness (QED) is 0.934. The fraction of sp³-hybridized carbons (Fsp3) is 0. The molecule has 0 unspecified atom stereocenters. The van der Waals surface area contributed by atoms with E-state index in [2.05, 4.69) is 25.9 Å². The van der Waals surface area contributed by atoms with Crippen LogP contribution in [-0.2, 0) is 0 Å². The van der Waals surface area contributed by atoms with Crippen LogP contribution in [0.3, 0.4) is 0 Å². The van der Waals surface area contributed by atoms with Crippen LogP contribution < -0.4 is 4.74 Å². The molecule has 2 aromatic rings. The number of halogens is 2. The van der Waals surface area contributed by atoms with Crippen molar-refractivity contribution in [2.45, 2.75) is 0 Å². The number of carbonyl (C=O) groups is 1. The summed E-state index contributed by atoms with van der Waals surface area (Å²) in [5.41, 5.74) is 0.0212. The van der Waals surface area contributed by atoms with E-state index in [1.54, 1.807) is 6.07 Å². The van der Waals surface area contributed by atoms with Gasteiger partial charge in [-0.15, -0.1) is 0 Å². The summed E-state index contributed by atoms with van der Waals surface area (Å²) in [5, 5.41) is 9.25. The largest absolute Gasteiger partial charge is 0.478 e. The Balaban J connectivity index is 2.42. The zero-order valence-electron chi connectivity index (χ0n) is 8.80. The molecule has 0 aliphatic carbocycles. The Kier molecular flexibility index (Phi) is 3.78. The molecular formula is C11H6BrClN2O3. The van der Waals surface area contributed by atoms with Crippen molar-refractivity contribution in [1.82, 2.24) is 9.97 Å². The molecule has 0 saturated carbocycles. The highest BCUT2D eigenvalue weighted by Gasteiger charge is 2.14. The van der Waals surface area contributed by atoms with Crippen LogP contribution in [0.4, 0.5) is 0 Å². The molecule has 18 heavy (non-hydrogen) atoms. The van der Waals surface area contributed by atoms with Gasteiger partial charge in [0.1, 0.15) is 22.7 Å². The fourth-order valence-corrected chi connectivity index (χ4v) is 1.72. The summed E-state index contributed by atoms with van der Waals surface area (Å²) in [6, 6.07) is 4.57. The van der Waals surface area contributed by atoms with Crippen LogP contribution in [-0.4, -0.2) is 21.0 Å². The number of ether oxygens (including phenoxy) is 1. The Morgan fingerprint density at radius 1 is 1.44 bits per heavy atom. The van der Waals surface area contributed by atoms with Crippen molar-refractivity contribution in [3.63, 3.8) is 0 Å². The molecule has 0 aliphatic rings. The lowest BCUT2D eigenvalue weighted by molar-refractivity contribution is 0.0694. The maximum Gasteiger partial charge on any atom is 0.339 e. The van der Waals surface area contributed by atoms with E-state index in [1.807, 2.05) is 0 Å². The summed E-state index contributed by atoms with van der Waals surface area (Å²) in [7, 11) is 0. The number of carboxylic acids is 1. The van der Waals surface area contributed by atoms with E-state index in [9.17, 15) is 4.79 Å². The van der Waals surface area contributed by atoms with Crippen LogP contribution in [0, 0.1) is 0 Å². The minimum Gasteiger partial charge on any atom is -0.478 e. The minimum atomic E-state index is -1.09. The summed E-state index contributed by atoms with van der Waals surface area (Å²) in [6.07, 6.45) is 2.63. The van der Waals surface area contributed by atoms with Gasteiger partial charge in [-0.05, 0) is 18.2 Å². The highest BCUT2D eigenvalue weighted by molar-refractivity contribution is 9.10. The maximum atomic E-state index is 11.0. The molecule has 1 aromatic carbocycles. The summed E-state index contributed by atoms with van der Waals surface area (Å²) >= 11 is 9.08. The van der Waals surface area contributed by atoms with Crippen LogP contribution in [0.1, 0.15) is 10.4 Å². The van der Waals surface area contributed by atoms with Crippen LogP contribution in [0.15, 0.2) is 35.2 Å². The average molecular weight is 330 g/mol. The van der Waals surface area contributed by atoms with Crippen molar-refractivity contribution in [2.75, 3.05) is 0 Å². The smallest absolute Gasteiger partial charge is 0.339 e. The molecule has 0 atom stereocenters. The molecule has 1 heterocycles. The first-order chi connectivity index (χ1) is 8.58. The van der Waals surface area contributed by atoms with Crippen molar-refractivity contribution in [1.29, 1.82) is 0 Å². The van der Waals surface area contributed by atoms with Gasteiger partial charge in [0.05, 0.1) is 6.20 Å². The van der Waals surface area contributed by atoms with Crippen LogP contribution >= 0.6 is 27.5 Å². The summed E-state index contributed by atoms with van der Waals surface area (Å²) in [5.74, 6) is -0.840. The molecule has 0 fully saturated rings. The van der Waals surface area contributed by atoms with Crippen LogP contribution in [0.2, 0.25) is 5.02 Å². The van der Waals surface area contributed by atoms with E-state index in [0.717, 1.165) is 0 Å². The number of hydrogen-bond acceptors (Lipinski definition) is 4. The van der Waals surface area contributed by atoms with Crippen molar-refractivity contribution >= 4 is 33.5 Å². The lowest BCUT2D eigenvalue weighted by atomic mass is 10.2. The topological polar surface area (TPSA) is 72.3 Å². The lowest BCUT2D eigenvalue weighted by Gasteiger charge is -2.08. The van der Waals surface area contributed by atoms with Gasteiger partial charge in [-0.3, -0.25) is 0 Å². The van der Waals surface area contributed by atoms with E-state index < -0.39 is 5.97 Å². The van der Waals surface area contributed by atoms with Crippen LogP contribution in [0.25, 0.3) is 0 Å². The average Bonchev–Trinajstić information content (AvgIpc) is 2.32. The zero-order chi connectivity index (χ0) is 13.1. The van der Waals surface area contributed by atoms with Crippen LogP contribution in [0.5, 0.6) is 11.6 Å². The van der Waals surface area contributed by atoms with E-state index >= 15 is 0 Å². The SMILES string of the molecule is O=C(O)c1ccc(Br)cc1Oc1ncncc1Cl. The molecule has 0 spiro atoms. The van der Waals surface area contributed by atoms with E-state index in [0.29, 0.717) is 4.47 Å². The first kappa shape index (κ1) is 12.8. The Labute approximate surface area is 116 Å². The molecule has 7 heteroatoms. The van der Waals surface area contributed by atoms with Gasteiger partial charge in [-0.2, -0.15) is 0 Å². The molecule has 1 N–H and O–H groups in total. The Morgan fingerprint density at radius 3 is 2.89 bits per heavy atom. The molecule has 92 valence electrons. The number of carboxylic acid groups (broad SMARTS) is 1. The third-order valence-corrected chi connectivity index (χ3v) is 2.77. The van der Waals surface area contributed by atoms with Crippen molar-refractivity contribution < 1.29 is 14.6 Å². The number of hydrogen-bond donors (Lipinski definition) is 1. The minimum absolute atomic E-state index is 0.0212. The van der Waals surface area contributed by atoms with E-state index in [4.69, 9.17) is 21.4 Å². The Bertz CT molecular complexity index is 607. The lowest BCUT2D eigenvalue weighted by Crippen LogP contribution is -2.01. The van der Waals surface area contributed by atoms with Gasteiger partial charge in [0.25, 0.3) is 0 Å². The number of aromatic carboxylic acids is 1. The molecule has 0 aliphatic heterocycles. The standard InChI is InChI=1S/C11H6BrClN2O3/c12-6-1-2-7(11(16)17)9(3-6)18-10-8(13)4-14-5-15-10/h1-5H,(H,16,17). The third kappa shape index (κ3) is 2.77. The van der Waals surface area contributed by atoms with Gasteiger partial charge in [0, 0.05) is 4.47 Å². The number of nitrogens with zero attached hydrogens (tertiary/aromatic N) is 2. The molecule has 5 nitrogen and oxygen atoms in total. The number of benzene rings is 1. The van der Waals surface area contributed by atoms with E-state index in [1.165, 1.54) is 24.7 Å². The van der Waals surface area contributed by atoms with Gasteiger partial charge in [0.2, 0.25) is 5.88 Å². The second-order valence-electron chi connectivity index (χ2n) is 3.22. The number of aromatic nitrogens is 2.